The number of alkyl carbamates (subject to hydrolysis) is 1. The summed E-state index contributed by atoms with van der Waals surface area (Å²) in [7, 11) is 0. The summed E-state index contributed by atoms with van der Waals surface area (Å²) in [5, 5.41) is 5.94. The summed E-state index contributed by atoms with van der Waals surface area (Å²) in [6, 6.07) is 0.247. The summed E-state index contributed by atoms with van der Waals surface area (Å²) >= 11 is 0. The molecule has 0 aromatic carbocycles. The number of hydrogen-bond donors (Lipinski definition) is 4. The van der Waals surface area contributed by atoms with Crippen LogP contribution < -0.4 is 21.5 Å². The minimum Gasteiger partial charge on any atom is -0.446 e. The van der Waals surface area contributed by atoms with Gasteiger partial charge in [-0.1, -0.05) is 0 Å². The van der Waals surface area contributed by atoms with Crippen LogP contribution in [0.4, 0.5) is 4.79 Å². The van der Waals surface area contributed by atoms with Gasteiger partial charge in [0.25, 0.3) is 0 Å². The Balaban J connectivity index is 1.18. The molecule has 2 heterocycles. The molecule has 2 amide bonds. The molecule has 158 valence electrons. The van der Waals surface area contributed by atoms with Crippen molar-refractivity contribution in [3.63, 3.8) is 0 Å². The number of hydrazine groups is 1. The molecule has 4 atom stereocenters. The summed E-state index contributed by atoms with van der Waals surface area (Å²) in [4.78, 5) is 32.7. The van der Waals surface area contributed by atoms with E-state index in [0.717, 1.165) is 44.2 Å². The molecular formula is C20H30N6O3. The molecule has 4 N–H and O–H groups in total. The van der Waals surface area contributed by atoms with Crippen LogP contribution in [0.25, 0.3) is 0 Å². The van der Waals surface area contributed by atoms with E-state index in [-0.39, 0.29) is 42.3 Å². The molecule has 1 aromatic rings. The smallest absolute Gasteiger partial charge is 0.407 e. The van der Waals surface area contributed by atoms with Crippen LogP contribution in [0.15, 0.2) is 12.4 Å². The van der Waals surface area contributed by atoms with Crippen molar-refractivity contribution in [1.29, 1.82) is 0 Å². The van der Waals surface area contributed by atoms with Crippen molar-refractivity contribution in [3.8, 4) is 0 Å². The van der Waals surface area contributed by atoms with Crippen LogP contribution in [0.3, 0.4) is 0 Å². The van der Waals surface area contributed by atoms with Crippen molar-refractivity contribution in [3.05, 3.63) is 23.8 Å². The summed E-state index contributed by atoms with van der Waals surface area (Å²) < 4.78 is 5.60. The lowest BCUT2D eigenvalue weighted by atomic mass is 9.96. The lowest BCUT2D eigenvalue weighted by Crippen LogP contribution is -2.45. The maximum absolute atomic E-state index is 12.3. The predicted octanol–water partition coefficient (Wildman–Crippen LogP) is 1.08. The molecule has 0 bridgehead atoms. The number of amides is 2. The van der Waals surface area contributed by atoms with Crippen LogP contribution in [-0.4, -0.2) is 45.8 Å². The Morgan fingerprint density at radius 2 is 2.03 bits per heavy atom. The Hall–Kier alpha value is -2.26. The molecule has 3 fully saturated rings. The summed E-state index contributed by atoms with van der Waals surface area (Å²) in [6.07, 6.45) is 8.66. The van der Waals surface area contributed by atoms with Crippen LogP contribution >= 0.6 is 0 Å². The van der Waals surface area contributed by atoms with Crippen molar-refractivity contribution >= 4 is 12.0 Å². The Morgan fingerprint density at radius 3 is 2.76 bits per heavy atom. The Bertz CT molecular complexity index is 751. The minimum atomic E-state index is -0.294. The quantitative estimate of drug-likeness (QED) is 0.562. The molecular weight excluding hydrogens is 372 g/mol. The second-order valence-corrected chi connectivity index (χ2v) is 8.86. The van der Waals surface area contributed by atoms with E-state index < -0.39 is 0 Å². The van der Waals surface area contributed by atoms with Gasteiger partial charge in [0.2, 0.25) is 5.91 Å². The normalized spacial score (nSPS) is 30.0. The largest absolute Gasteiger partial charge is 0.446 e. The second-order valence-electron chi connectivity index (χ2n) is 8.86. The molecule has 0 radical (unpaired) electrons. The third-order valence-electron chi connectivity index (χ3n) is 6.12. The monoisotopic (exact) mass is 402 g/mol. The van der Waals surface area contributed by atoms with Gasteiger partial charge >= 0.3 is 6.09 Å². The number of carbonyl (C=O) groups is 2. The first-order chi connectivity index (χ1) is 13.9. The maximum Gasteiger partial charge on any atom is 0.407 e. The summed E-state index contributed by atoms with van der Waals surface area (Å²) in [5.74, 6) is 0.336. The lowest BCUT2D eigenvalue weighted by molar-refractivity contribution is -0.121. The fraction of sp³-hybridized carbons (Fsp3) is 0.700. The first-order valence-electron chi connectivity index (χ1n) is 10.5. The molecule has 9 heteroatoms. The highest BCUT2D eigenvalue weighted by atomic mass is 16.6. The Morgan fingerprint density at radius 1 is 1.21 bits per heavy atom. The molecule has 2 unspecified atom stereocenters. The van der Waals surface area contributed by atoms with Gasteiger partial charge in [-0.25, -0.2) is 10.2 Å². The third-order valence-corrected chi connectivity index (χ3v) is 6.12. The van der Waals surface area contributed by atoms with Gasteiger partial charge < -0.3 is 15.4 Å². The van der Waals surface area contributed by atoms with E-state index in [4.69, 9.17) is 4.74 Å². The second kappa shape index (κ2) is 8.23. The molecule has 4 rings (SSSR count). The van der Waals surface area contributed by atoms with Gasteiger partial charge in [0.05, 0.1) is 24.0 Å². The standard InChI is InChI=1S/C20H30N6O3/c1-12-10-22-14(11-21-12)8-18(27)23-17-9-16(25-26-17)13-3-4-15(7-13)29-19(28)24-20(2)5-6-20/h10-11,13,15-17,25-26H,3-9H2,1-2H3,(H,23,27)(H,24,28)/t13-,15+,16?,17?/m0/s1. The van der Waals surface area contributed by atoms with Crippen molar-refractivity contribution in [2.45, 2.75) is 82.6 Å². The molecule has 0 spiro atoms. The molecule has 1 saturated heterocycles. The number of nitrogens with one attached hydrogen (secondary N) is 4. The van der Waals surface area contributed by atoms with Crippen LogP contribution in [0.2, 0.25) is 0 Å². The van der Waals surface area contributed by atoms with Crippen molar-refractivity contribution in [2.24, 2.45) is 5.92 Å². The topological polar surface area (TPSA) is 117 Å². The molecule has 3 aliphatic rings. The van der Waals surface area contributed by atoms with E-state index in [1.165, 1.54) is 0 Å². The van der Waals surface area contributed by atoms with Gasteiger partial charge in [-0.05, 0) is 58.3 Å². The molecule has 1 aromatic heterocycles. The number of aryl methyl sites for hydroxylation is 1. The first-order valence-corrected chi connectivity index (χ1v) is 10.5. The predicted molar refractivity (Wildman–Crippen MR) is 105 cm³/mol. The van der Waals surface area contributed by atoms with Crippen molar-refractivity contribution < 1.29 is 14.3 Å². The van der Waals surface area contributed by atoms with Crippen LogP contribution in [-0.2, 0) is 16.0 Å². The fourth-order valence-electron chi connectivity index (χ4n) is 4.09. The molecule has 1 aliphatic heterocycles. The minimum absolute atomic E-state index is 0.0297. The SMILES string of the molecule is Cc1cnc(CC(=O)NC2CC([C@H]3CC[C@@H](OC(=O)NC4(C)CC4)C3)NN2)cn1. The number of hydrogen-bond acceptors (Lipinski definition) is 7. The number of ether oxygens (including phenoxy) is 1. The fourth-order valence-corrected chi connectivity index (χ4v) is 4.09. The average molecular weight is 402 g/mol. The summed E-state index contributed by atoms with van der Waals surface area (Å²) in [6.45, 7) is 3.91. The van der Waals surface area contributed by atoms with Gasteiger partial charge in [-0.3, -0.25) is 20.2 Å². The molecule has 2 saturated carbocycles. The first kappa shape index (κ1) is 20.0. The number of carbonyl (C=O) groups excluding carboxylic acids is 2. The van der Waals surface area contributed by atoms with E-state index >= 15 is 0 Å². The molecule has 2 aliphatic carbocycles. The van der Waals surface area contributed by atoms with Crippen LogP contribution in [0, 0.1) is 12.8 Å². The van der Waals surface area contributed by atoms with E-state index in [0.29, 0.717) is 11.6 Å². The van der Waals surface area contributed by atoms with E-state index in [2.05, 4.69) is 31.5 Å². The summed E-state index contributed by atoms with van der Waals surface area (Å²) in [5.41, 5.74) is 7.90. The van der Waals surface area contributed by atoms with Crippen LogP contribution in [0.5, 0.6) is 0 Å². The van der Waals surface area contributed by atoms with Gasteiger partial charge in [0.1, 0.15) is 6.10 Å². The van der Waals surface area contributed by atoms with E-state index in [1.807, 2.05) is 13.8 Å². The highest BCUT2D eigenvalue weighted by molar-refractivity contribution is 5.78. The van der Waals surface area contributed by atoms with Gasteiger partial charge in [-0.2, -0.15) is 0 Å². The van der Waals surface area contributed by atoms with Crippen LogP contribution in [0.1, 0.15) is 56.8 Å². The molecule has 29 heavy (non-hydrogen) atoms. The number of rotatable bonds is 6. The number of nitrogens with zero attached hydrogens (tertiary/aromatic N) is 2. The Labute approximate surface area is 170 Å². The zero-order chi connectivity index (χ0) is 20.4. The van der Waals surface area contributed by atoms with Gasteiger partial charge in [0.15, 0.2) is 0 Å². The van der Waals surface area contributed by atoms with E-state index in [9.17, 15) is 9.59 Å². The Kier molecular flexibility index (Phi) is 5.69. The van der Waals surface area contributed by atoms with Crippen molar-refractivity contribution in [1.82, 2.24) is 31.5 Å². The highest BCUT2D eigenvalue weighted by Crippen LogP contribution is 2.36. The zero-order valence-corrected chi connectivity index (χ0v) is 17.0. The third kappa shape index (κ3) is 5.42. The van der Waals surface area contributed by atoms with Gasteiger partial charge in [0, 0.05) is 24.0 Å². The lowest BCUT2D eigenvalue weighted by Gasteiger charge is -2.19. The van der Waals surface area contributed by atoms with Crippen molar-refractivity contribution in [2.75, 3.05) is 0 Å². The van der Waals surface area contributed by atoms with E-state index in [1.54, 1.807) is 12.4 Å². The highest BCUT2D eigenvalue weighted by Gasteiger charge is 2.41. The zero-order valence-electron chi connectivity index (χ0n) is 17.0. The maximum atomic E-state index is 12.3. The average Bonchev–Trinajstić information content (AvgIpc) is 3.06. The molecule has 9 nitrogen and oxygen atoms in total. The number of aromatic nitrogens is 2. The van der Waals surface area contributed by atoms with Gasteiger partial charge in [-0.15, -0.1) is 0 Å².